The molecule has 0 aliphatic heterocycles. The van der Waals surface area contributed by atoms with Crippen molar-refractivity contribution < 1.29 is 10.2 Å². The molecule has 0 radical (unpaired) electrons. The van der Waals surface area contributed by atoms with Crippen molar-refractivity contribution in [3.05, 3.63) is 0 Å². The Hall–Kier alpha value is -0.410. The highest BCUT2D eigenvalue weighted by Crippen LogP contribution is 2.70. The third-order valence-corrected chi connectivity index (χ3v) is 11.4. The van der Waals surface area contributed by atoms with Crippen LogP contribution in [0.25, 0.3) is 0 Å². The molecule has 0 aromatic rings. The number of hydrogen-bond donors (Lipinski definition) is 2. The van der Waals surface area contributed by atoms with E-state index in [1.54, 1.807) is 0 Å². The number of aliphatic hydroxyl groups is 2. The van der Waals surface area contributed by atoms with E-state index in [0.717, 1.165) is 43.9 Å². The second kappa shape index (κ2) is 8.12. The topological polar surface area (TPSA) is 52.8 Å². The molecule has 4 fully saturated rings. The van der Waals surface area contributed by atoms with E-state index >= 15 is 0 Å². The van der Waals surface area contributed by atoms with Gasteiger partial charge in [-0.2, -0.15) is 0 Å². The van der Waals surface area contributed by atoms with E-state index in [9.17, 15) is 10.2 Å². The Kier molecular flexibility index (Phi) is 6.21. The van der Waals surface area contributed by atoms with Gasteiger partial charge in [0.15, 0.2) is 0 Å². The number of rotatable bonds is 6. The summed E-state index contributed by atoms with van der Waals surface area (Å²) in [5.41, 5.74) is -0.742. The Balaban J connectivity index is 1.59. The quantitative estimate of drug-likeness (QED) is 0.478. The van der Waals surface area contributed by atoms with E-state index in [0.29, 0.717) is 23.2 Å². The smallest absolute Gasteiger partial charge is 0.0939 e. The van der Waals surface area contributed by atoms with Gasteiger partial charge in [-0.15, -0.1) is 0 Å². The molecule has 0 heterocycles. The van der Waals surface area contributed by atoms with Gasteiger partial charge in [0.05, 0.1) is 17.2 Å². The van der Waals surface area contributed by atoms with Crippen molar-refractivity contribution in [2.45, 2.75) is 129 Å². The molecule has 4 aliphatic carbocycles. The third-order valence-electron chi connectivity index (χ3n) is 11.4. The Bertz CT molecular complexity index is 674. The molecule has 3 heteroatoms. The second-order valence-electron chi connectivity index (χ2n) is 13.2. The zero-order valence-corrected chi connectivity index (χ0v) is 21.0. The molecule has 2 N–H and O–H groups in total. The lowest BCUT2D eigenvalue weighted by molar-refractivity contribution is -0.151. The van der Waals surface area contributed by atoms with Crippen LogP contribution in [-0.2, 0) is 0 Å². The van der Waals surface area contributed by atoms with Crippen molar-refractivity contribution in [2.75, 3.05) is 0 Å². The van der Waals surface area contributed by atoms with Crippen LogP contribution in [0.15, 0.2) is 4.99 Å². The molecule has 31 heavy (non-hydrogen) atoms. The minimum atomic E-state index is -0.782. The Morgan fingerprint density at radius 3 is 2.42 bits per heavy atom. The molecular weight excluding hydrogens is 382 g/mol. The summed E-state index contributed by atoms with van der Waals surface area (Å²) in [6.07, 6.45) is 13.4. The van der Waals surface area contributed by atoms with Gasteiger partial charge >= 0.3 is 0 Å². The number of aliphatic imine (C=N–C) groups is 1. The first-order chi connectivity index (χ1) is 14.5. The molecule has 178 valence electrons. The summed E-state index contributed by atoms with van der Waals surface area (Å²) in [6, 6.07) is 0. The number of nitrogens with zero attached hydrogens (tertiary/aromatic N) is 1. The molecule has 0 spiro atoms. The standard InChI is InChI=1S/C28H49NO2/c1-19(2)8-7-14-27(5,31)28(29-6)17-13-24-22-10-9-20-18-21(30)11-15-25(20,3)23(22)12-16-26(24,28)4/h19-24,30-31H,6-18H2,1-5H3/t20-,21-,22+,23-,24-,25-,26-,27+,28+/m0/s1. The number of hydrogen-bond acceptors (Lipinski definition) is 3. The lowest BCUT2D eigenvalue weighted by atomic mass is 9.43. The van der Waals surface area contributed by atoms with Crippen LogP contribution < -0.4 is 0 Å². The maximum absolute atomic E-state index is 11.9. The van der Waals surface area contributed by atoms with Gasteiger partial charge in [-0.05, 0) is 118 Å². The van der Waals surface area contributed by atoms with Gasteiger partial charge in [-0.25, -0.2) is 0 Å². The average Bonchev–Trinajstić information content (AvgIpc) is 3.02. The van der Waals surface area contributed by atoms with Gasteiger partial charge < -0.3 is 10.2 Å². The highest BCUT2D eigenvalue weighted by molar-refractivity contribution is 5.33. The molecule has 4 saturated carbocycles. The largest absolute Gasteiger partial charge is 0.393 e. The first-order valence-corrected chi connectivity index (χ1v) is 13.4. The fourth-order valence-electron chi connectivity index (χ4n) is 9.63. The molecule has 0 unspecified atom stereocenters. The van der Waals surface area contributed by atoms with E-state index in [-0.39, 0.29) is 11.5 Å². The van der Waals surface area contributed by atoms with E-state index in [4.69, 9.17) is 4.99 Å². The predicted molar refractivity (Wildman–Crippen MR) is 129 cm³/mol. The molecule has 0 aromatic carbocycles. The fourth-order valence-corrected chi connectivity index (χ4v) is 9.63. The second-order valence-corrected chi connectivity index (χ2v) is 13.2. The van der Waals surface area contributed by atoms with Crippen molar-refractivity contribution in [3.8, 4) is 0 Å². The van der Waals surface area contributed by atoms with Gasteiger partial charge in [0.2, 0.25) is 0 Å². The third kappa shape index (κ3) is 3.47. The fraction of sp³-hybridized carbons (Fsp3) is 0.964. The Labute approximate surface area is 191 Å². The van der Waals surface area contributed by atoms with Crippen LogP contribution in [0.3, 0.4) is 0 Å². The summed E-state index contributed by atoms with van der Waals surface area (Å²) in [5.74, 6) is 3.56. The van der Waals surface area contributed by atoms with Crippen LogP contribution in [0.5, 0.6) is 0 Å². The Morgan fingerprint density at radius 2 is 1.74 bits per heavy atom. The molecule has 0 saturated heterocycles. The van der Waals surface area contributed by atoms with Crippen molar-refractivity contribution >= 4 is 6.72 Å². The van der Waals surface area contributed by atoms with Gasteiger partial charge in [0.1, 0.15) is 0 Å². The maximum atomic E-state index is 11.9. The zero-order valence-electron chi connectivity index (χ0n) is 21.0. The van der Waals surface area contributed by atoms with Crippen LogP contribution in [0.4, 0.5) is 0 Å². The zero-order chi connectivity index (χ0) is 22.7. The van der Waals surface area contributed by atoms with Crippen LogP contribution in [0, 0.1) is 40.4 Å². The van der Waals surface area contributed by atoms with Gasteiger partial charge in [-0.3, -0.25) is 4.99 Å². The van der Waals surface area contributed by atoms with Crippen molar-refractivity contribution in [1.82, 2.24) is 0 Å². The molecule has 0 aromatic heterocycles. The Morgan fingerprint density at radius 1 is 1.03 bits per heavy atom. The molecule has 4 aliphatic rings. The molecular formula is C28H49NO2. The maximum Gasteiger partial charge on any atom is 0.0939 e. The average molecular weight is 432 g/mol. The van der Waals surface area contributed by atoms with Crippen LogP contribution in [-0.4, -0.2) is 34.2 Å². The summed E-state index contributed by atoms with van der Waals surface area (Å²) in [4.78, 5) is 4.86. The van der Waals surface area contributed by atoms with Crippen molar-refractivity contribution in [2.24, 2.45) is 45.4 Å². The summed E-state index contributed by atoms with van der Waals surface area (Å²) >= 11 is 0. The summed E-state index contributed by atoms with van der Waals surface area (Å²) < 4.78 is 0. The summed E-state index contributed by atoms with van der Waals surface area (Å²) in [5, 5.41) is 22.2. The van der Waals surface area contributed by atoms with Gasteiger partial charge in [0, 0.05) is 0 Å². The van der Waals surface area contributed by atoms with Crippen LogP contribution >= 0.6 is 0 Å². The van der Waals surface area contributed by atoms with Gasteiger partial charge in [-0.1, -0.05) is 40.5 Å². The highest BCUT2D eigenvalue weighted by atomic mass is 16.3. The highest BCUT2D eigenvalue weighted by Gasteiger charge is 2.69. The molecule has 4 rings (SSSR count). The first kappa shape index (κ1) is 23.7. The first-order valence-electron chi connectivity index (χ1n) is 13.4. The number of aliphatic hydroxyl groups excluding tert-OH is 1. The SMILES string of the molecule is C=N[C@]1([C@](C)(O)CCCC(C)C)CC[C@H]2[C@@H]3CC[C@H]4C[C@@H](O)CC[C@]4(C)[C@H]3CC[C@@]21C. The monoisotopic (exact) mass is 431 g/mol. The van der Waals surface area contributed by atoms with Crippen LogP contribution in [0.1, 0.15) is 112 Å². The molecule has 3 nitrogen and oxygen atoms in total. The minimum Gasteiger partial charge on any atom is -0.393 e. The molecule has 9 atom stereocenters. The van der Waals surface area contributed by atoms with E-state index in [1.807, 2.05) is 0 Å². The number of fused-ring (bicyclic) bond motifs is 5. The van der Waals surface area contributed by atoms with E-state index in [2.05, 4.69) is 41.3 Å². The summed E-state index contributed by atoms with van der Waals surface area (Å²) in [6.45, 7) is 15.7. The minimum absolute atomic E-state index is 0.0502. The van der Waals surface area contributed by atoms with Gasteiger partial charge in [0.25, 0.3) is 0 Å². The molecule has 0 amide bonds. The predicted octanol–water partition coefficient (Wildman–Crippen LogP) is 6.41. The van der Waals surface area contributed by atoms with Crippen molar-refractivity contribution in [3.63, 3.8) is 0 Å². The van der Waals surface area contributed by atoms with E-state index < -0.39 is 11.1 Å². The molecule has 0 bridgehead atoms. The summed E-state index contributed by atoms with van der Waals surface area (Å²) in [7, 11) is 0. The lowest BCUT2D eigenvalue weighted by Gasteiger charge is -2.63. The van der Waals surface area contributed by atoms with Crippen molar-refractivity contribution in [1.29, 1.82) is 0 Å². The lowest BCUT2D eigenvalue weighted by Crippen LogP contribution is -2.62. The van der Waals surface area contributed by atoms with Crippen LogP contribution in [0.2, 0.25) is 0 Å². The normalized spacial score (nSPS) is 49.1. The van der Waals surface area contributed by atoms with E-state index in [1.165, 1.54) is 44.9 Å².